The van der Waals surface area contributed by atoms with Gasteiger partial charge in [-0.1, -0.05) is 18.2 Å². The van der Waals surface area contributed by atoms with Gasteiger partial charge in [-0.15, -0.1) is 0 Å². The molecule has 1 saturated carbocycles. The third kappa shape index (κ3) is 5.26. The normalized spacial score (nSPS) is 14.3. The summed E-state index contributed by atoms with van der Waals surface area (Å²) in [6.07, 6.45) is 1.86. The lowest BCUT2D eigenvalue weighted by atomic mass is 10.1. The van der Waals surface area contributed by atoms with Crippen molar-refractivity contribution in [2.45, 2.75) is 32.4 Å². The van der Waals surface area contributed by atoms with Crippen molar-refractivity contribution in [2.24, 2.45) is 5.92 Å². The van der Waals surface area contributed by atoms with E-state index in [0.29, 0.717) is 5.69 Å². The summed E-state index contributed by atoms with van der Waals surface area (Å²) in [7, 11) is 0. The van der Waals surface area contributed by atoms with Crippen molar-refractivity contribution >= 4 is 17.6 Å². The Labute approximate surface area is 156 Å². The number of hydrogen-bond donors (Lipinski definition) is 3. The third-order valence-corrected chi connectivity index (χ3v) is 4.37. The molecule has 2 aromatic carbocycles. The summed E-state index contributed by atoms with van der Waals surface area (Å²) in [5, 5.41) is 8.16. The molecule has 0 aromatic heterocycles. The molecule has 3 amide bonds. The van der Waals surface area contributed by atoms with E-state index in [9.17, 15) is 18.4 Å². The average molecular weight is 373 g/mol. The lowest BCUT2D eigenvalue weighted by Gasteiger charge is -2.16. The second kappa shape index (κ2) is 8.16. The molecule has 1 aliphatic rings. The summed E-state index contributed by atoms with van der Waals surface area (Å²) in [5.74, 6) is -1.23. The second-order valence-electron chi connectivity index (χ2n) is 6.68. The second-order valence-corrected chi connectivity index (χ2v) is 6.68. The van der Waals surface area contributed by atoms with Gasteiger partial charge in [0.05, 0.1) is 6.04 Å². The minimum absolute atomic E-state index is 0.0213. The number of hydrogen-bond acceptors (Lipinski definition) is 2. The molecule has 3 N–H and O–H groups in total. The average Bonchev–Trinajstić information content (AvgIpc) is 3.45. The fraction of sp³-hybridized carbons (Fsp3) is 0.300. The van der Waals surface area contributed by atoms with Crippen molar-refractivity contribution in [2.75, 3.05) is 5.32 Å². The van der Waals surface area contributed by atoms with Crippen LogP contribution in [0.15, 0.2) is 42.5 Å². The third-order valence-electron chi connectivity index (χ3n) is 4.37. The Balaban J connectivity index is 1.51. The number of anilines is 1. The van der Waals surface area contributed by atoms with Crippen LogP contribution >= 0.6 is 0 Å². The molecule has 1 aliphatic carbocycles. The minimum Gasteiger partial charge on any atom is -0.334 e. The van der Waals surface area contributed by atoms with Crippen LogP contribution in [0.3, 0.4) is 0 Å². The smallest absolute Gasteiger partial charge is 0.315 e. The molecule has 142 valence electrons. The van der Waals surface area contributed by atoms with E-state index in [0.717, 1.165) is 30.5 Å². The Morgan fingerprint density at radius 2 is 1.93 bits per heavy atom. The van der Waals surface area contributed by atoms with E-state index in [1.807, 2.05) is 6.07 Å². The van der Waals surface area contributed by atoms with Gasteiger partial charge < -0.3 is 16.0 Å². The Morgan fingerprint density at radius 3 is 2.63 bits per heavy atom. The zero-order valence-corrected chi connectivity index (χ0v) is 14.9. The number of nitrogens with one attached hydrogen (secondary N) is 3. The largest absolute Gasteiger partial charge is 0.334 e. The summed E-state index contributed by atoms with van der Waals surface area (Å²) in [4.78, 5) is 23.9. The molecular weight excluding hydrogens is 352 g/mol. The molecule has 1 atom stereocenters. The number of urea groups is 1. The Morgan fingerprint density at radius 1 is 1.15 bits per heavy atom. The van der Waals surface area contributed by atoms with Gasteiger partial charge in [0.25, 0.3) is 0 Å². The maximum absolute atomic E-state index is 13.8. The molecule has 0 bridgehead atoms. The maximum Gasteiger partial charge on any atom is 0.315 e. The summed E-state index contributed by atoms with van der Waals surface area (Å²) in [6, 6.07) is 9.37. The first kappa shape index (κ1) is 18.8. The molecule has 2 aromatic rings. The first-order valence-corrected chi connectivity index (χ1v) is 8.81. The lowest BCUT2D eigenvalue weighted by molar-refractivity contribution is -0.117. The standard InChI is InChI=1S/C20H21F2N3O2/c1-12(17-8-7-15(21)10-18(17)22)24-20(27)23-11-13-3-2-4-16(9-13)25-19(26)14-5-6-14/h2-4,7-10,12,14H,5-6,11H2,1H3,(H,25,26)(H2,23,24,27). The number of carbonyl (C=O) groups is 2. The van der Waals surface area contributed by atoms with Gasteiger partial charge in [-0.05, 0) is 43.5 Å². The van der Waals surface area contributed by atoms with E-state index >= 15 is 0 Å². The minimum atomic E-state index is -0.707. The van der Waals surface area contributed by atoms with Crippen LogP contribution in [0, 0.1) is 17.6 Å². The maximum atomic E-state index is 13.8. The highest BCUT2D eigenvalue weighted by molar-refractivity contribution is 5.94. The van der Waals surface area contributed by atoms with Crippen molar-refractivity contribution in [1.29, 1.82) is 0 Å². The highest BCUT2D eigenvalue weighted by Gasteiger charge is 2.29. The number of benzene rings is 2. The first-order valence-electron chi connectivity index (χ1n) is 8.81. The number of carbonyl (C=O) groups excluding carboxylic acids is 2. The summed E-state index contributed by atoms with van der Waals surface area (Å²) < 4.78 is 26.7. The molecule has 0 aliphatic heterocycles. The fourth-order valence-electron chi connectivity index (χ4n) is 2.71. The van der Waals surface area contributed by atoms with Crippen LogP contribution in [0.1, 0.15) is 36.9 Å². The molecule has 0 radical (unpaired) electrons. The van der Waals surface area contributed by atoms with Gasteiger partial charge in [-0.2, -0.15) is 0 Å². The zero-order valence-electron chi connectivity index (χ0n) is 14.9. The van der Waals surface area contributed by atoms with E-state index in [-0.39, 0.29) is 23.9 Å². The van der Waals surface area contributed by atoms with Gasteiger partial charge >= 0.3 is 6.03 Å². The first-order chi connectivity index (χ1) is 12.9. The molecule has 0 heterocycles. The van der Waals surface area contributed by atoms with Crippen LogP contribution in [0.4, 0.5) is 19.3 Å². The highest BCUT2D eigenvalue weighted by atomic mass is 19.1. The van der Waals surface area contributed by atoms with Crippen LogP contribution in [-0.4, -0.2) is 11.9 Å². The van der Waals surface area contributed by atoms with Crippen molar-refractivity contribution < 1.29 is 18.4 Å². The van der Waals surface area contributed by atoms with E-state index in [4.69, 9.17) is 0 Å². The number of rotatable bonds is 6. The number of amides is 3. The van der Waals surface area contributed by atoms with Crippen molar-refractivity contribution in [1.82, 2.24) is 10.6 Å². The van der Waals surface area contributed by atoms with Gasteiger partial charge in [0, 0.05) is 29.8 Å². The molecule has 3 rings (SSSR count). The monoisotopic (exact) mass is 373 g/mol. The van der Waals surface area contributed by atoms with Gasteiger partial charge in [0.1, 0.15) is 11.6 Å². The van der Waals surface area contributed by atoms with E-state index in [1.54, 1.807) is 25.1 Å². The van der Waals surface area contributed by atoms with Gasteiger partial charge in [-0.3, -0.25) is 4.79 Å². The van der Waals surface area contributed by atoms with Crippen LogP contribution < -0.4 is 16.0 Å². The van der Waals surface area contributed by atoms with Crippen LogP contribution in [0.25, 0.3) is 0 Å². The molecule has 7 heteroatoms. The van der Waals surface area contributed by atoms with Gasteiger partial charge in [-0.25, -0.2) is 13.6 Å². The molecule has 5 nitrogen and oxygen atoms in total. The quantitative estimate of drug-likeness (QED) is 0.719. The zero-order chi connectivity index (χ0) is 19.4. The van der Waals surface area contributed by atoms with Crippen LogP contribution in [0.2, 0.25) is 0 Å². The topological polar surface area (TPSA) is 70.2 Å². The predicted molar refractivity (Wildman–Crippen MR) is 97.9 cm³/mol. The van der Waals surface area contributed by atoms with Gasteiger partial charge in [0.15, 0.2) is 0 Å². The van der Waals surface area contributed by atoms with Crippen molar-refractivity contribution in [3.05, 3.63) is 65.2 Å². The van der Waals surface area contributed by atoms with E-state index in [2.05, 4.69) is 16.0 Å². The van der Waals surface area contributed by atoms with Crippen LogP contribution in [-0.2, 0) is 11.3 Å². The SMILES string of the molecule is CC(NC(=O)NCc1cccc(NC(=O)C2CC2)c1)c1ccc(F)cc1F. The molecular formula is C20H21F2N3O2. The Bertz CT molecular complexity index is 853. The van der Waals surface area contributed by atoms with Crippen molar-refractivity contribution in [3.63, 3.8) is 0 Å². The van der Waals surface area contributed by atoms with E-state index < -0.39 is 23.7 Å². The molecule has 1 fully saturated rings. The van der Waals surface area contributed by atoms with Crippen LogP contribution in [0.5, 0.6) is 0 Å². The van der Waals surface area contributed by atoms with E-state index in [1.165, 1.54) is 6.07 Å². The molecule has 1 unspecified atom stereocenters. The van der Waals surface area contributed by atoms with Crippen molar-refractivity contribution in [3.8, 4) is 0 Å². The summed E-state index contributed by atoms with van der Waals surface area (Å²) in [6.45, 7) is 1.86. The fourth-order valence-corrected chi connectivity index (χ4v) is 2.71. The highest BCUT2D eigenvalue weighted by Crippen LogP contribution is 2.30. The molecule has 0 spiro atoms. The Hall–Kier alpha value is -2.96. The molecule has 0 saturated heterocycles. The lowest BCUT2D eigenvalue weighted by Crippen LogP contribution is -2.36. The molecule has 27 heavy (non-hydrogen) atoms. The Kier molecular flexibility index (Phi) is 5.69. The summed E-state index contributed by atoms with van der Waals surface area (Å²) in [5.41, 5.74) is 1.71. The number of halogens is 2. The summed E-state index contributed by atoms with van der Waals surface area (Å²) >= 11 is 0. The van der Waals surface area contributed by atoms with Gasteiger partial charge in [0.2, 0.25) is 5.91 Å². The predicted octanol–water partition coefficient (Wildman–Crippen LogP) is 3.87.